The van der Waals surface area contributed by atoms with E-state index in [1.165, 1.54) is 11.1 Å². The fourth-order valence-corrected chi connectivity index (χ4v) is 2.56. The van der Waals surface area contributed by atoms with Gasteiger partial charge in [-0.1, -0.05) is 34.1 Å². The van der Waals surface area contributed by atoms with E-state index in [0.717, 1.165) is 35.5 Å². The summed E-state index contributed by atoms with van der Waals surface area (Å²) in [5.74, 6) is 1.82. The van der Waals surface area contributed by atoms with Gasteiger partial charge in [-0.25, -0.2) is 0 Å². The zero-order valence-corrected chi connectivity index (χ0v) is 13.9. The van der Waals surface area contributed by atoms with Gasteiger partial charge in [0.2, 0.25) is 0 Å². The Balaban J connectivity index is 1.87. The summed E-state index contributed by atoms with van der Waals surface area (Å²) in [6.45, 7) is 1.69. The minimum absolute atomic E-state index is 0.799. The molecule has 0 aliphatic rings. The smallest absolute Gasteiger partial charge is 0.122 e. The predicted molar refractivity (Wildman–Crippen MR) is 89.1 cm³/mol. The molecule has 2 aromatic rings. The molecule has 0 spiro atoms. The molecule has 4 heteroatoms. The van der Waals surface area contributed by atoms with Gasteiger partial charge in [0, 0.05) is 11.0 Å². The minimum Gasteiger partial charge on any atom is -0.497 e. The number of hydrogen-bond acceptors (Lipinski definition) is 3. The Morgan fingerprint density at radius 3 is 2.57 bits per heavy atom. The van der Waals surface area contributed by atoms with E-state index in [1.54, 1.807) is 14.2 Å². The molecule has 1 N–H and O–H groups in total. The molecule has 3 nitrogen and oxygen atoms in total. The average Bonchev–Trinajstić information content (AvgIpc) is 2.53. The van der Waals surface area contributed by atoms with Crippen LogP contribution < -0.4 is 14.8 Å². The average molecular weight is 350 g/mol. The van der Waals surface area contributed by atoms with Crippen LogP contribution in [0.1, 0.15) is 11.1 Å². The zero-order chi connectivity index (χ0) is 15.1. The van der Waals surface area contributed by atoms with Crippen molar-refractivity contribution in [2.24, 2.45) is 0 Å². The zero-order valence-electron chi connectivity index (χ0n) is 12.4. The van der Waals surface area contributed by atoms with Gasteiger partial charge in [-0.3, -0.25) is 0 Å². The lowest BCUT2D eigenvalue weighted by Gasteiger charge is -2.10. The van der Waals surface area contributed by atoms with Gasteiger partial charge < -0.3 is 14.8 Å². The monoisotopic (exact) mass is 349 g/mol. The topological polar surface area (TPSA) is 30.5 Å². The summed E-state index contributed by atoms with van der Waals surface area (Å²) in [4.78, 5) is 0. The normalized spacial score (nSPS) is 10.4. The Morgan fingerprint density at radius 2 is 1.81 bits per heavy atom. The van der Waals surface area contributed by atoms with Gasteiger partial charge in [-0.15, -0.1) is 0 Å². The Hall–Kier alpha value is -1.52. The van der Waals surface area contributed by atoms with Crippen molar-refractivity contribution in [1.82, 2.24) is 5.32 Å². The maximum atomic E-state index is 5.36. The van der Waals surface area contributed by atoms with Crippen LogP contribution in [0.25, 0.3) is 0 Å². The summed E-state index contributed by atoms with van der Waals surface area (Å²) in [5.41, 5.74) is 2.41. The van der Waals surface area contributed by atoms with E-state index in [2.05, 4.69) is 27.3 Å². The van der Waals surface area contributed by atoms with Crippen LogP contribution in [0.5, 0.6) is 11.5 Å². The molecule has 0 saturated carbocycles. The first kappa shape index (κ1) is 15.9. The van der Waals surface area contributed by atoms with E-state index < -0.39 is 0 Å². The van der Waals surface area contributed by atoms with Gasteiger partial charge in [0.1, 0.15) is 11.5 Å². The van der Waals surface area contributed by atoms with E-state index in [4.69, 9.17) is 9.47 Å². The molecule has 0 aliphatic heterocycles. The molecule has 21 heavy (non-hydrogen) atoms. The molecule has 0 amide bonds. The van der Waals surface area contributed by atoms with Crippen LogP contribution >= 0.6 is 15.9 Å². The highest BCUT2D eigenvalue weighted by Gasteiger charge is 2.03. The van der Waals surface area contributed by atoms with Crippen molar-refractivity contribution < 1.29 is 9.47 Å². The Morgan fingerprint density at radius 1 is 1.00 bits per heavy atom. The van der Waals surface area contributed by atoms with Crippen molar-refractivity contribution in [2.75, 3.05) is 20.8 Å². The third-order valence-electron chi connectivity index (χ3n) is 3.33. The largest absolute Gasteiger partial charge is 0.497 e. The molecule has 112 valence electrons. The summed E-state index contributed by atoms with van der Waals surface area (Å²) in [5, 5.41) is 3.45. The van der Waals surface area contributed by atoms with Gasteiger partial charge in [0.15, 0.2) is 0 Å². The molecule has 0 saturated heterocycles. The number of nitrogens with one attached hydrogen (secondary N) is 1. The second kappa shape index (κ2) is 8.05. The number of para-hydroxylation sites is 1. The van der Waals surface area contributed by atoms with Crippen molar-refractivity contribution in [3.63, 3.8) is 0 Å². The number of halogens is 1. The van der Waals surface area contributed by atoms with Crippen molar-refractivity contribution >= 4 is 15.9 Å². The SMILES string of the molecule is COc1ccc(Br)c(CNCCc2ccccc2OC)c1. The van der Waals surface area contributed by atoms with Gasteiger partial charge in [-0.05, 0) is 48.4 Å². The number of rotatable bonds is 7. The lowest BCUT2D eigenvalue weighted by atomic mass is 10.1. The van der Waals surface area contributed by atoms with E-state index in [0.29, 0.717) is 0 Å². The third kappa shape index (κ3) is 4.48. The van der Waals surface area contributed by atoms with Crippen molar-refractivity contribution in [1.29, 1.82) is 0 Å². The molecular weight excluding hydrogens is 330 g/mol. The van der Waals surface area contributed by atoms with Crippen LogP contribution in [0.3, 0.4) is 0 Å². The fraction of sp³-hybridized carbons (Fsp3) is 0.294. The quantitative estimate of drug-likeness (QED) is 0.771. The highest BCUT2D eigenvalue weighted by atomic mass is 79.9. The summed E-state index contributed by atoms with van der Waals surface area (Å²) < 4.78 is 11.7. The summed E-state index contributed by atoms with van der Waals surface area (Å²) in [7, 11) is 3.39. The van der Waals surface area contributed by atoms with Crippen LogP contribution in [-0.2, 0) is 13.0 Å². The van der Waals surface area contributed by atoms with E-state index in [1.807, 2.05) is 36.4 Å². The molecular formula is C17H20BrNO2. The van der Waals surface area contributed by atoms with Crippen molar-refractivity contribution in [3.8, 4) is 11.5 Å². The van der Waals surface area contributed by atoms with Gasteiger partial charge in [-0.2, -0.15) is 0 Å². The lowest BCUT2D eigenvalue weighted by molar-refractivity contribution is 0.409. The van der Waals surface area contributed by atoms with Gasteiger partial charge >= 0.3 is 0 Å². The first-order chi connectivity index (χ1) is 10.2. The van der Waals surface area contributed by atoms with Gasteiger partial charge in [0.05, 0.1) is 14.2 Å². The standard InChI is InChI=1S/C17H20BrNO2/c1-20-15-7-8-16(18)14(11-15)12-19-10-9-13-5-3-4-6-17(13)21-2/h3-8,11,19H,9-10,12H2,1-2H3. The Kier molecular flexibility index (Phi) is 6.08. The third-order valence-corrected chi connectivity index (χ3v) is 4.11. The van der Waals surface area contributed by atoms with Crippen LogP contribution in [0, 0.1) is 0 Å². The summed E-state index contributed by atoms with van der Waals surface area (Å²) in [6, 6.07) is 14.1. The fourth-order valence-electron chi connectivity index (χ4n) is 2.17. The molecule has 0 aromatic heterocycles. The van der Waals surface area contributed by atoms with Crippen LogP contribution in [-0.4, -0.2) is 20.8 Å². The molecule has 2 rings (SSSR count). The number of benzene rings is 2. The molecule has 0 aliphatic carbocycles. The minimum atomic E-state index is 0.799. The van der Waals surface area contributed by atoms with Crippen molar-refractivity contribution in [3.05, 3.63) is 58.1 Å². The molecule has 0 bridgehead atoms. The second-order valence-corrected chi connectivity index (χ2v) is 5.55. The first-order valence-corrected chi connectivity index (χ1v) is 7.69. The first-order valence-electron chi connectivity index (χ1n) is 6.89. The van der Waals surface area contributed by atoms with Crippen LogP contribution in [0.15, 0.2) is 46.9 Å². The molecule has 0 radical (unpaired) electrons. The molecule has 0 fully saturated rings. The number of ether oxygens (including phenoxy) is 2. The van der Waals surface area contributed by atoms with E-state index >= 15 is 0 Å². The highest BCUT2D eigenvalue weighted by molar-refractivity contribution is 9.10. The molecule has 0 unspecified atom stereocenters. The van der Waals surface area contributed by atoms with E-state index in [-0.39, 0.29) is 0 Å². The molecule has 0 heterocycles. The molecule has 2 aromatic carbocycles. The van der Waals surface area contributed by atoms with Crippen LogP contribution in [0.4, 0.5) is 0 Å². The number of methoxy groups -OCH3 is 2. The Bertz CT molecular complexity index is 587. The van der Waals surface area contributed by atoms with Crippen LogP contribution in [0.2, 0.25) is 0 Å². The summed E-state index contributed by atoms with van der Waals surface area (Å²) >= 11 is 3.56. The maximum absolute atomic E-state index is 5.36. The predicted octanol–water partition coefficient (Wildman–Crippen LogP) is 3.80. The second-order valence-electron chi connectivity index (χ2n) is 4.70. The molecule has 0 atom stereocenters. The Labute approximate surface area is 134 Å². The maximum Gasteiger partial charge on any atom is 0.122 e. The van der Waals surface area contributed by atoms with Crippen molar-refractivity contribution in [2.45, 2.75) is 13.0 Å². The summed E-state index contributed by atoms with van der Waals surface area (Å²) in [6.07, 6.45) is 0.936. The van der Waals surface area contributed by atoms with Gasteiger partial charge in [0.25, 0.3) is 0 Å². The number of hydrogen-bond donors (Lipinski definition) is 1. The van der Waals surface area contributed by atoms with E-state index in [9.17, 15) is 0 Å². The lowest BCUT2D eigenvalue weighted by Crippen LogP contribution is -2.17. The highest BCUT2D eigenvalue weighted by Crippen LogP contribution is 2.22.